The summed E-state index contributed by atoms with van der Waals surface area (Å²) >= 11 is 6.21. The Morgan fingerprint density at radius 3 is 2.43 bits per heavy atom. The number of halogens is 4. The van der Waals surface area contributed by atoms with Crippen LogP contribution in [0.2, 0.25) is 5.02 Å². The third-order valence-corrected chi connectivity index (χ3v) is 9.07. The molecule has 0 radical (unpaired) electrons. The highest BCUT2D eigenvalue weighted by molar-refractivity contribution is 7.92. The standard InChI is InChI=1S/C23H20ClF3N2O5S/c24-16-4-3-14(22(30)29-15-8-17(25)20(27)18(26)9-15)7-19(16)35(32,33)21-12-1-2-13(21)6-11(5-12)10-34-23(28)31/h3-5,7-9,12-13,21H,1-2,6,10H2,(H2,28,31)(H,29,30)/t12-,13?,21+/m0/s1. The van der Waals surface area contributed by atoms with Crippen LogP contribution in [-0.2, 0) is 14.6 Å². The minimum absolute atomic E-state index is 0.00388. The second-order valence-corrected chi connectivity index (χ2v) is 11.0. The number of primary amides is 1. The van der Waals surface area contributed by atoms with Crippen molar-refractivity contribution in [2.75, 3.05) is 11.9 Å². The molecule has 2 aromatic carbocycles. The summed E-state index contributed by atoms with van der Waals surface area (Å²) in [5.41, 5.74) is 5.34. The number of hydrogen-bond acceptors (Lipinski definition) is 5. The SMILES string of the molecule is NC(=O)OCC1=C[C@@H]2CCC(C1)[C@@H]2S(=O)(=O)c1cc(C(=O)Nc2cc(F)c(F)c(F)c2)ccc1Cl. The Morgan fingerprint density at radius 1 is 1.11 bits per heavy atom. The lowest BCUT2D eigenvalue weighted by atomic mass is 9.89. The average molecular weight is 529 g/mol. The quantitative estimate of drug-likeness (QED) is 0.420. The molecule has 0 aliphatic heterocycles. The molecule has 2 aliphatic rings. The summed E-state index contributed by atoms with van der Waals surface area (Å²) in [5, 5.41) is 1.36. The maximum atomic E-state index is 13.6. The molecule has 0 heterocycles. The molecule has 1 saturated carbocycles. The number of hydrogen-bond donors (Lipinski definition) is 2. The summed E-state index contributed by atoms with van der Waals surface area (Å²) in [4.78, 5) is 23.3. The van der Waals surface area contributed by atoms with Gasteiger partial charge in [-0.1, -0.05) is 17.7 Å². The Bertz CT molecular complexity index is 1330. The van der Waals surface area contributed by atoms with Crippen LogP contribution in [0.1, 0.15) is 29.6 Å². The Morgan fingerprint density at radius 2 is 1.80 bits per heavy atom. The van der Waals surface area contributed by atoms with E-state index < -0.39 is 44.5 Å². The van der Waals surface area contributed by atoms with Crippen molar-refractivity contribution in [2.24, 2.45) is 17.6 Å². The normalized spacial score (nSPS) is 21.4. The first-order chi connectivity index (χ1) is 16.5. The van der Waals surface area contributed by atoms with Crippen molar-refractivity contribution in [1.29, 1.82) is 0 Å². The summed E-state index contributed by atoms with van der Waals surface area (Å²) in [7, 11) is -3.99. The predicted molar refractivity (Wildman–Crippen MR) is 121 cm³/mol. The largest absolute Gasteiger partial charge is 0.445 e. The Balaban J connectivity index is 1.60. The number of nitrogens with one attached hydrogen (secondary N) is 1. The highest BCUT2D eigenvalue weighted by Crippen LogP contribution is 2.47. The molecular formula is C23H20ClF3N2O5S. The lowest BCUT2D eigenvalue weighted by molar-refractivity contribution is 0.102. The number of carbonyl (C=O) groups is 2. The molecule has 12 heteroatoms. The summed E-state index contributed by atoms with van der Waals surface area (Å²) in [6, 6.07) is 4.84. The van der Waals surface area contributed by atoms with E-state index in [1.165, 1.54) is 12.1 Å². The third-order valence-electron chi connectivity index (χ3n) is 6.23. The highest BCUT2D eigenvalue weighted by Gasteiger charge is 2.47. The van der Waals surface area contributed by atoms with Gasteiger partial charge in [0.2, 0.25) is 0 Å². The van der Waals surface area contributed by atoms with Gasteiger partial charge in [0.05, 0.1) is 15.2 Å². The predicted octanol–water partition coefficient (Wildman–Crippen LogP) is 4.60. The van der Waals surface area contributed by atoms with E-state index in [0.29, 0.717) is 31.4 Å². The molecule has 2 aliphatic carbocycles. The van der Waals surface area contributed by atoms with Crippen molar-refractivity contribution in [3.8, 4) is 0 Å². The molecule has 3 atom stereocenters. The van der Waals surface area contributed by atoms with Gasteiger partial charge in [0.25, 0.3) is 5.91 Å². The number of allylic oxidation sites excluding steroid dienone is 1. The van der Waals surface area contributed by atoms with Gasteiger partial charge in [-0.2, -0.15) is 0 Å². The maximum absolute atomic E-state index is 13.6. The van der Waals surface area contributed by atoms with E-state index in [9.17, 15) is 31.2 Å². The molecular weight excluding hydrogens is 509 g/mol. The lowest BCUT2D eigenvalue weighted by Crippen LogP contribution is -2.34. The lowest BCUT2D eigenvalue weighted by Gasteiger charge is -2.29. The number of ether oxygens (including phenoxy) is 1. The second kappa shape index (κ2) is 9.54. The number of fused-ring (bicyclic) bond motifs is 2. The van der Waals surface area contributed by atoms with Gasteiger partial charge in [-0.05, 0) is 54.9 Å². The number of rotatable bonds is 6. The minimum Gasteiger partial charge on any atom is -0.445 e. The van der Waals surface area contributed by atoms with Gasteiger partial charge < -0.3 is 15.8 Å². The van der Waals surface area contributed by atoms with E-state index in [4.69, 9.17) is 22.1 Å². The van der Waals surface area contributed by atoms with Gasteiger partial charge in [0.1, 0.15) is 6.61 Å². The van der Waals surface area contributed by atoms with Crippen molar-refractivity contribution in [3.05, 3.63) is 70.0 Å². The number of benzene rings is 2. The molecule has 1 fully saturated rings. The van der Waals surface area contributed by atoms with Crippen molar-refractivity contribution < 1.29 is 35.9 Å². The van der Waals surface area contributed by atoms with Gasteiger partial charge in [0.15, 0.2) is 27.3 Å². The molecule has 0 saturated heterocycles. The van der Waals surface area contributed by atoms with Crippen LogP contribution >= 0.6 is 11.6 Å². The molecule has 35 heavy (non-hydrogen) atoms. The van der Waals surface area contributed by atoms with Gasteiger partial charge in [0, 0.05) is 23.4 Å². The topological polar surface area (TPSA) is 116 Å². The first kappa shape index (κ1) is 25.1. The first-order valence-electron chi connectivity index (χ1n) is 10.6. The van der Waals surface area contributed by atoms with Gasteiger partial charge in [-0.25, -0.2) is 26.4 Å². The number of amides is 2. The van der Waals surface area contributed by atoms with E-state index in [0.717, 1.165) is 11.6 Å². The van der Waals surface area contributed by atoms with Crippen molar-refractivity contribution in [2.45, 2.75) is 29.4 Å². The zero-order valence-corrected chi connectivity index (χ0v) is 19.6. The fourth-order valence-corrected chi connectivity index (χ4v) is 7.56. The summed E-state index contributed by atoms with van der Waals surface area (Å²) in [5.74, 6) is -6.07. The molecule has 1 unspecified atom stereocenters. The summed E-state index contributed by atoms with van der Waals surface area (Å²) < 4.78 is 72.2. The summed E-state index contributed by atoms with van der Waals surface area (Å²) in [6.07, 6.45) is 2.55. The monoisotopic (exact) mass is 528 g/mol. The van der Waals surface area contributed by atoms with Gasteiger partial charge in [-0.15, -0.1) is 0 Å². The molecule has 186 valence electrons. The van der Waals surface area contributed by atoms with Crippen LogP contribution in [0.25, 0.3) is 0 Å². The summed E-state index contributed by atoms with van der Waals surface area (Å²) in [6.45, 7) is -0.00388. The zero-order chi connectivity index (χ0) is 25.5. The van der Waals surface area contributed by atoms with Crippen LogP contribution in [0, 0.1) is 29.3 Å². The smallest absolute Gasteiger partial charge is 0.404 e. The van der Waals surface area contributed by atoms with Crippen LogP contribution < -0.4 is 11.1 Å². The molecule has 0 aromatic heterocycles. The van der Waals surface area contributed by atoms with Crippen LogP contribution in [0.4, 0.5) is 23.7 Å². The Hall–Kier alpha value is -3.05. The second-order valence-electron chi connectivity index (χ2n) is 8.50. The molecule has 3 N–H and O–H groups in total. The van der Waals surface area contributed by atoms with E-state index in [1.54, 1.807) is 6.08 Å². The molecule has 2 bridgehead atoms. The fourth-order valence-electron chi connectivity index (χ4n) is 4.78. The van der Waals surface area contributed by atoms with E-state index in [-0.39, 0.29) is 39.6 Å². The third kappa shape index (κ3) is 5.01. The van der Waals surface area contributed by atoms with Crippen molar-refractivity contribution in [3.63, 3.8) is 0 Å². The number of anilines is 1. The molecule has 7 nitrogen and oxygen atoms in total. The fraction of sp³-hybridized carbons (Fsp3) is 0.304. The van der Waals surface area contributed by atoms with Crippen LogP contribution in [0.3, 0.4) is 0 Å². The van der Waals surface area contributed by atoms with Crippen LogP contribution in [0.15, 0.2) is 46.9 Å². The van der Waals surface area contributed by atoms with Gasteiger partial charge >= 0.3 is 6.09 Å². The number of carbonyl (C=O) groups excluding carboxylic acids is 2. The minimum atomic E-state index is -3.99. The van der Waals surface area contributed by atoms with Crippen molar-refractivity contribution in [1.82, 2.24) is 0 Å². The van der Waals surface area contributed by atoms with Crippen LogP contribution in [0.5, 0.6) is 0 Å². The first-order valence-corrected chi connectivity index (χ1v) is 12.5. The Kier molecular flexibility index (Phi) is 6.83. The van der Waals surface area contributed by atoms with E-state index >= 15 is 0 Å². The van der Waals surface area contributed by atoms with E-state index in [1.807, 2.05) is 0 Å². The van der Waals surface area contributed by atoms with Crippen molar-refractivity contribution >= 4 is 39.1 Å². The van der Waals surface area contributed by atoms with E-state index in [2.05, 4.69) is 5.32 Å². The average Bonchev–Trinajstić information content (AvgIpc) is 3.07. The maximum Gasteiger partial charge on any atom is 0.404 e. The van der Waals surface area contributed by atoms with Crippen LogP contribution in [-0.4, -0.2) is 32.3 Å². The highest BCUT2D eigenvalue weighted by atomic mass is 35.5. The molecule has 0 spiro atoms. The molecule has 2 aromatic rings. The number of sulfone groups is 1. The zero-order valence-electron chi connectivity index (χ0n) is 18.1. The van der Waals surface area contributed by atoms with Gasteiger partial charge in [-0.3, -0.25) is 4.79 Å². The number of nitrogens with two attached hydrogens (primary N) is 1. The Labute approximate surface area is 204 Å². The molecule has 2 amide bonds. The molecule has 4 rings (SSSR count).